The molecular weight excluding hydrogens is 476 g/mol. The van der Waals surface area contributed by atoms with E-state index in [1.54, 1.807) is 17.9 Å². The summed E-state index contributed by atoms with van der Waals surface area (Å²) < 4.78 is 13.5. The fourth-order valence-corrected chi connectivity index (χ4v) is 4.43. The third-order valence-electron chi connectivity index (χ3n) is 6.49. The molecule has 0 saturated heterocycles. The first kappa shape index (κ1) is 26.7. The highest BCUT2D eigenvalue weighted by Gasteiger charge is 2.22. The van der Waals surface area contributed by atoms with Crippen LogP contribution >= 0.6 is 0 Å². The maximum Gasteiger partial charge on any atom is 0.338 e. The number of benzene rings is 3. The molecule has 4 rings (SSSR count). The fraction of sp³-hybridized carbons (Fsp3) is 0.250. The maximum absolute atomic E-state index is 13.2. The van der Waals surface area contributed by atoms with Gasteiger partial charge in [-0.2, -0.15) is 0 Å². The van der Waals surface area contributed by atoms with E-state index in [1.165, 1.54) is 5.56 Å². The first-order valence-corrected chi connectivity index (χ1v) is 12.9. The number of carbonyl (C=O) groups is 2. The van der Waals surface area contributed by atoms with E-state index in [0.717, 1.165) is 22.9 Å². The number of aromatic nitrogens is 1. The van der Waals surface area contributed by atoms with Crippen molar-refractivity contribution in [3.05, 3.63) is 108 Å². The van der Waals surface area contributed by atoms with Crippen molar-refractivity contribution in [1.29, 1.82) is 0 Å². The molecule has 0 radical (unpaired) electrons. The van der Waals surface area contributed by atoms with Crippen LogP contribution in [0.4, 0.5) is 0 Å². The molecule has 0 spiro atoms. The van der Waals surface area contributed by atoms with Gasteiger partial charge in [-0.15, -0.1) is 0 Å². The number of esters is 1. The second kappa shape index (κ2) is 12.8. The lowest BCUT2D eigenvalue weighted by molar-refractivity contribution is -0.136. The summed E-state index contributed by atoms with van der Waals surface area (Å²) in [7, 11) is 1.82. The van der Waals surface area contributed by atoms with Crippen LogP contribution in [0.5, 0.6) is 5.75 Å². The highest BCUT2D eigenvalue weighted by molar-refractivity contribution is 6.21. The topological polar surface area (TPSA) is 60.8 Å². The summed E-state index contributed by atoms with van der Waals surface area (Å²) in [6, 6.07) is 25.8. The number of fused-ring (bicyclic) bond motifs is 1. The summed E-state index contributed by atoms with van der Waals surface area (Å²) in [5, 5.41) is 0.782. The molecule has 4 aromatic rings. The summed E-state index contributed by atoms with van der Waals surface area (Å²) in [6.45, 7) is 5.01. The Morgan fingerprint density at radius 1 is 0.921 bits per heavy atom. The van der Waals surface area contributed by atoms with Gasteiger partial charge in [-0.3, -0.25) is 4.79 Å². The number of allylic oxidation sites excluding steroid dienone is 1. The van der Waals surface area contributed by atoms with E-state index >= 15 is 0 Å². The quantitative estimate of drug-likeness (QED) is 0.187. The Morgan fingerprint density at radius 3 is 2.26 bits per heavy atom. The van der Waals surface area contributed by atoms with Gasteiger partial charge in [0.2, 0.25) is 5.91 Å². The predicted octanol–water partition coefficient (Wildman–Crippen LogP) is 5.89. The molecule has 0 bridgehead atoms. The van der Waals surface area contributed by atoms with Crippen LogP contribution in [0.2, 0.25) is 0 Å². The van der Waals surface area contributed by atoms with Crippen LogP contribution in [0.1, 0.15) is 30.5 Å². The molecular formula is C32H34N2O4. The van der Waals surface area contributed by atoms with Crippen molar-refractivity contribution in [3.8, 4) is 5.75 Å². The van der Waals surface area contributed by atoms with Gasteiger partial charge in [-0.25, -0.2) is 4.79 Å². The van der Waals surface area contributed by atoms with E-state index in [0.29, 0.717) is 30.0 Å². The molecule has 0 fully saturated rings. The number of amides is 1. The van der Waals surface area contributed by atoms with E-state index in [1.807, 2.05) is 91.5 Å². The molecule has 196 valence electrons. The Labute approximate surface area is 224 Å². The summed E-state index contributed by atoms with van der Waals surface area (Å²) in [6.07, 6.45) is 4.39. The monoisotopic (exact) mass is 510 g/mol. The van der Waals surface area contributed by atoms with Gasteiger partial charge in [-0.1, -0.05) is 72.8 Å². The second-order valence-electron chi connectivity index (χ2n) is 9.07. The minimum Gasteiger partial charge on any atom is -0.488 e. The summed E-state index contributed by atoms with van der Waals surface area (Å²) in [5.74, 6) is 0.227. The van der Waals surface area contributed by atoms with Crippen molar-refractivity contribution in [2.75, 3.05) is 20.2 Å². The summed E-state index contributed by atoms with van der Waals surface area (Å²) in [4.78, 5) is 27.8. The second-order valence-corrected chi connectivity index (χ2v) is 9.07. The molecule has 1 aromatic heterocycles. The number of rotatable bonds is 11. The van der Waals surface area contributed by atoms with Gasteiger partial charge in [0, 0.05) is 30.7 Å². The van der Waals surface area contributed by atoms with Gasteiger partial charge in [0.1, 0.15) is 18.9 Å². The first-order valence-electron chi connectivity index (χ1n) is 12.9. The lowest BCUT2D eigenvalue weighted by Gasteiger charge is -2.18. The molecule has 0 atom stereocenters. The van der Waals surface area contributed by atoms with Gasteiger partial charge in [0.05, 0.1) is 17.7 Å². The van der Waals surface area contributed by atoms with Crippen molar-refractivity contribution in [2.24, 2.45) is 0 Å². The minimum absolute atomic E-state index is 0.0156. The Kier molecular flexibility index (Phi) is 8.98. The molecule has 6 heteroatoms. The largest absolute Gasteiger partial charge is 0.488 e. The number of ether oxygens (including phenoxy) is 2. The normalized spacial score (nSPS) is 11.4. The van der Waals surface area contributed by atoms with Crippen LogP contribution in [-0.2, 0) is 33.9 Å². The molecule has 6 nitrogen and oxygen atoms in total. The van der Waals surface area contributed by atoms with Crippen molar-refractivity contribution < 1.29 is 19.1 Å². The van der Waals surface area contributed by atoms with E-state index in [2.05, 4.69) is 12.1 Å². The summed E-state index contributed by atoms with van der Waals surface area (Å²) >= 11 is 0. The van der Waals surface area contributed by atoms with Crippen LogP contribution in [0, 0.1) is 0 Å². The third-order valence-corrected chi connectivity index (χ3v) is 6.49. The first-order chi connectivity index (χ1) is 18.5. The molecule has 0 N–H and O–H groups in total. The molecule has 1 heterocycles. The minimum atomic E-state index is -0.404. The molecule has 1 amide bonds. The number of nitrogens with zero attached hydrogens (tertiary/aromatic N) is 2. The van der Waals surface area contributed by atoms with Crippen LogP contribution < -0.4 is 4.74 Å². The van der Waals surface area contributed by atoms with Crippen molar-refractivity contribution in [2.45, 2.75) is 33.4 Å². The number of hydrogen-bond acceptors (Lipinski definition) is 4. The van der Waals surface area contributed by atoms with Gasteiger partial charge in [0.15, 0.2) is 0 Å². The van der Waals surface area contributed by atoms with Gasteiger partial charge in [0.25, 0.3) is 0 Å². The highest BCUT2D eigenvalue weighted by Crippen LogP contribution is 2.36. The number of hydrogen-bond donors (Lipinski definition) is 0. The molecule has 0 aliphatic heterocycles. The number of likely N-dealkylation sites (N-methyl/N-ethyl adjacent to an activating group) is 1. The van der Waals surface area contributed by atoms with Gasteiger partial charge >= 0.3 is 5.97 Å². The van der Waals surface area contributed by atoms with Crippen molar-refractivity contribution >= 4 is 28.4 Å². The Hall–Kier alpha value is -4.32. The number of carbonyl (C=O) groups excluding carboxylic acids is 2. The van der Waals surface area contributed by atoms with Crippen LogP contribution in [0.3, 0.4) is 0 Å². The predicted molar refractivity (Wildman–Crippen MR) is 151 cm³/mol. The Morgan fingerprint density at radius 2 is 1.61 bits per heavy atom. The lowest BCUT2D eigenvalue weighted by Crippen LogP contribution is -2.31. The standard InChI is InChI=1S/C32H34N2O4/c1-4-26(32(36)37-5-2)27-21-34(22-30(35)33(3)20-19-24-13-8-6-9-14-24)28-17-12-18-29(31(27)28)38-23-25-15-10-7-11-16-25/h4,6-18,21H,5,19-20,22-23H2,1-3H3. The van der Waals surface area contributed by atoms with Crippen molar-refractivity contribution in [1.82, 2.24) is 9.47 Å². The SMILES string of the molecule is CC=C(C(=O)OCC)c1cn(CC(=O)N(C)CCc2ccccc2)c2cccc(OCc3ccccc3)c12. The fourth-order valence-electron chi connectivity index (χ4n) is 4.43. The molecule has 0 aliphatic carbocycles. The molecule has 0 saturated carbocycles. The maximum atomic E-state index is 13.2. The zero-order valence-electron chi connectivity index (χ0n) is 22.2. The smallest absolute Gasteiger partial charge is 0.338 e. The summed E-state index contributed by atoms with van der Waals surface area (Å²) in [5.41, 5.74) is 4.17. The van der Waals surface area contributed by atoms with Crippen LogP contribution in [0.15, 0.2) is 91.1 Å². The zero-order valence-corrected chi connectivity index (χ0v) is 22.2. The molecule has 3 aromatic carbocycles. The Bertz CT molecular complexity index is 1410. The van der Waals surface area contributed by atoms with E-state index in [9.17, 15) is 9.59 Å². The molecule has 0 unspecified atom stereocenters. The average molecular weight is 511 g/mol. The van der Waals surface area contributed by atoms with Gasteiger partial charge in [-0.05, 0) is 43.5 Å². The lowest BCUT2D eigenvalue weighted by atomic mass is 10.0. The van der Waals surface area contributed by atoms with Crippen LogP contribution in [-0.4, -0.2) is 41.5 Å². The van der Waals surface area contributed by atoms with Gasteiger partial charge < -0.3 is 18.9 Å². The van der Waals surface area contributed by atoms with Crippen LogP contribution in [0.25, 0.3) is 16.5 Å². The van der Waals surface area contributed by atoms with E-state index in [-0.39, 0.29) is 19.1 Å². The Balaban J connectivity index is 1.65. The van der Waals surface area contributed by atoms with Crippen molar-refractivity contribution in [3.63, 3.8) is 0 Å². The molecule has 38 heavy (non-hydrogen) atoms. The van der Waals surface area contributed by atoms with E-state index < -0.39 is 5.97 Å². The van der Waals surface area contributed by atoms with E-state index in [4.69, 9.17) is 9.47 Å². The average Bonchev–Trinajstić information content (AvgIpc) is 3.30. The third kappa shape index (κ3) is 6.32. The molecule has 0 aliphatic rings. The zero-order chi connectivity index (χ0) is 26.9. The highest BCUT2D eigenvalue weighted by atomic mass is 16.5.